The molecule has 2 aromatic heterocycles. The van der Waals surface area contributed by atoms with Crippen LogP contribution >= 0.6 is 15.9 Å². The number of aliphatic hydroxyl groups excluding tert-OH is 1. The van der Waals surface area contributed by atoms with Gasteiger partial charge in [-0.15, -0.1) is 0 Å². The summed E-state index contributed by atoms with van der Waals surface area (Å²) in [6.07, 6.45) is 8.33. The standard InChI is InChI=1S/C14H19BrN4O/c15-13-6-17-14-11(16)5-10(7-19(13)14)18-12-4-2-1-3-9(12)8-20/h5-7,9,12,18,20H,1-4,8,16H2/t9-,12+/m1/s1. The lowest BCUT2D eigenvalue weighted by Gasteiger charge is -2.31. The van der Waals surface area contributed by atoms with Crippen LogP contribution in [0.2, 0.25) is 0 Å². The molecule has 0 radical (unpaired) electrons. The van der Waals surface area contributed by atoms with E-state index in [1.165, 1.54) is 12.8 Å². The van der Waals surface area contributed by atoms with Crippen molar-refractivity contribution >= 4 is 33.0 Å². The predicted molar refractivity (Wildman–Crippen MR) is 83.8 cm³/mol. The number of aliphatic hydroxyl groups is 1. The lowest BCUT2D eigenvalue weighted by atomic mass is 9.85. The average Bonchev–Trinajstić information content (AvgIpc) is 2.82. The zero-order valence-electron chi connectivity index (χ0n) is 11.2. The van der Waals surface area contributed by atoms with Crippen LogP contribution in [0, 0.1) is 5.92 Å². The van der Waals surface area contributed by atoms with Crippen LogP contribution < -0.4 is 11.1 Å². The summed E-state index contributed by atoms with van der Waals surface area (Å²) in [5.74, 6) is 0.326. The van der Waals surface area contributed by atoms with Gasteiger partial charge in [-0.3, -0.25) is 4.40 Å². The number of rotatable bonds is 3. The molecule has 0 spiro atoms. The fourth-order valence-electron chi connectivity index (χ4n) is 2.99. The van der Waals surface area contributed by atoms with Crippen molar-refractivity contribution in [1.29, 1.82) is 0 Å². The molecule has 5 nitrogen and oxygen atoms in total. The number of nitrogens with two attached hydrogens (primary N) is 1. The van der Waals surface area contributed by atoms with Crippen LogP contribution in [-0.2, 0) is 0 Å². The van der Waals surface area contributed by atoms with Gasteiger partial charge in [-0.25, -0.2) is 4.98 Å². The summed E-state index contributed by atoms with van der Waals surface area (Å²) in [5, 5.41) is 13.0. The number of fused-ring (bicyclic) bond motifs is 1. The van der Waals surface area contributed by atoms with E-state index in [4.69, 9.17) is 5.73 Å². The van der Waals surface area contributed by atoms with E-state index in [1.54, 1.807) is 6.20 Å². The number of pyridine rings is 1. The quantitative estimate of drug-likeness (QED) is 0.804. The average molecular weight is 339 g/mol. The normalized spacial score (nSPS) is 23.1. The number of halogens is 1. The fourth-order valence-corrected chi connectivity index (χ4v) is 3.37. The predicted octanol–water partition coefficient (Wildman–Crippen LogP) is 2.64. The Labute approximate surface area is 126 Å². The van der Waals surface area contributed by atoms with E-state index in [-0.39, 0.29) is 6.61 Å². The highest BCUT2D eigenvalue weighted by molar-refractivity contribution is 9.10. The third-order valence-electron chi connectivity index (χ3n) is 4.08. The van der Waals surface area contributed by atoms with Gasteiger partial charge in [0.2, 0.25) is 0 Å². The zero-order chi connectivity index (χ0) is 14.1. The van der Waals surface area contributed by atoms with Crippen molar-refractivity contribution in [2.45, 2.75) is 31.7 Å². The Bertz CT molecular complexity index is 612. The monoisotopic (exact) mass is 338 g/mol. The molecule has 1 saturated carbocycles. The topological polar surface area (TPSA) is 75.6 Å². The third-order valence-corrected chi connectivity index (χ3v) is 4.67. The number of imidazole rings is 1. The van der Waals surface area contributed by atoms with Crippen LogP contribution in [0.1, 0.15) is 25.7 Å². The first-order valence-corrected chi connectivity index (χ1v) is 7.78. The van der Waals surface area contributed by atoms with Crippen LogP contribution in [0.4, 0.5) is 11.4 Å². The van der Waals surface area contributed by atoms with Gasteiger partial charge in [0.1, 0.15) is 4.60 Å². The molecule has 3 rings (SSSR count). The van der Waals surface area contributed by atoms with E-state index in [1.807, 2.05) is 16.7 Å². The molecule has 0 amide bonds. The van der Waals surface area contributed by atoms with E-state index in [2.05, 4.69) is 26.2 Å². The second kappa shape index (κ2) is 5.61. The summed E-state index contributed by atoms with van der Waals surface area (Å²) in [6, 6.07) is 2.23. The second-order valence-corrected chi connectivity index (χ2v) is 6.25. The summed E-state index contributed by atoms with van der Waals surface area (Å²) >= 11 is 3.46. The molecule has 1 fully saturated rings. The van der Waals surface area contributed by atoms with Gasteiger partial charge in [0.15, 0.2) is 5.65 Å². The smallest absolute Gasteiger partial charge is 0.161 e. The molecule has 2 atom stereocenters. The number of aromatic nitrogens is 2. The molecule has 6 heteroatoms. The van der Waals surface area contributed by atoms with Crippen LogP contribution in [0.15, 0.2) is 23.1 Å². The summed E-state index contributed by atoms with van der Waals surface area (Å²) in [7, 11) is 0. The van der Waals surface area contributed by atoms with E-state index >= 15 is 0 Å². The molecule has 0 aromatic carbocycles. The first kappa shape index (κ1) is 13.7. The summed E-state index contributed by atoms with van der Waals surface area (Å²) < 4.78 is 2.80. The SMILES string of the molecule is Nc1cc(N[C@H]2CCCC[C@@H]2CO)cn2c(Br)cnc12. The van der Waals surface area contributed by atoms with Crippen molar-refractivity contribution in [3.63, 3.8) is 0 Å². The Morgan fingerprint density at radius 3 is 3.05 bits per heavy atom. The van der Waals surface area contributed by atoms with Gasteiger partial charge < -0.3 is 16.2 Å². The van der Waals surface area contributed by atoms with Crippen LogP contribution in [-0.4, -0.2) is 27.1 Å². The highest BCUT2D eigenvalue weighted by Gasteiger charge is 2.24. The molecule has 0 bridgehead atoms. The summed E-state index contributed by atoms with van der Waals surface area (Å²) in [4.78, 5) is 4.26. The van der Waals surface area contributed by atoms with Gasteiger partial charge in [0, 0.05) is 24.8 Å². The zero-order valence-corrected chi connectivity index (χ0v) is 12.8. The van der Waals surface area contributed by atoms with Crippen LogP contribution in [0.25, 0.3) is 5.65 Å². The fraction of sp³-hybridized carbons (Fsp3) is 0.500. The number of hydrogen-bond acceptors (Lipinski definition) is 4. The van der Waals surface area contributed by atoms with E-state index in [0.717, 1.165) is 28.8 Å². The summed E-state index contributed by atoms with van der Waals surface area (Å²) in [5.41, 5.74) is 8.42. The molecule has 1 aliphatic rings. The Kier molecular flexibility index (Phi) is 3.85. The van der Waals surface area contributed by atoms with E-state index < -0.39 is 0 Å². The first-order valence-electron chi connectivity index (χ1n) is 6.98. The number of nitrogen functional groups attached to an aromatic ring is 1. The minimum absolute atomic E-state index is 0.240. The molecule has 2 aromatic rings. The van der Waals surface area contributed by atoms with Crippen molar-refractivity contribution in [3.05, 3.63) is 23.1 Å². The molecule has 20 heavy (non-hydrogen) atoms. The maximum absolute atomic E-state index is 9.49. The lowest BCUT2D eigenvalue weighted by molar-refractivity contribution is 0.178. The van der Waals surface area contributed by atoms with Gasteiger partial charge in [-0.2, -0.15) is 0 Å². The molecule has 0 saturated heterocycles. The minimum atomic E-state index is 0.240. The third kappa shape index (κ3) is 2.50. The van der Waals surface area contributed by atoms with Crippen molar-refractivity contribution < 1.29 is 5.11 Å². The van der Waals surface area contributed by atoms with E-state index in [9.17, 15) is 5.11 Å². The highest BCUT2D eigenvalue weighted by Crippen LogP contribution is 2.29. The lowest BCUT2D eigenvalue weighted by Crippen LogP contribution is -2.34. The van der Waals surface area contributed by atoms with Gasteiger partial charge in [0.05, 0.1) is 17.6 Å². The Balaban J connectivity index is 1.88. The van der Waals surface area contributed by atoms with Gasteiger partial charge >= 0.3 is 0 Å². The largest absolute Gasteiger partial charge is 0.396 e. The van der Waals surface area contributed by atoms with Crippen LogP contribution in [0.5, 0.6) is 0 Å². The van der Waals surface area contributed by atoms with E-state index in [0.29, 0.717) is 17.6 Å². The Morgan fingerprint density at radius 1 is 1.45 bits per heavy atom. The minimum Gasteiger partial charge on any atom is -0.396 e. The maximum atomic E-state index is 9.49. The van der Waals surface area contributed by atoms with Crippen molar-refractivity contribution in [2.24, 2.45) is 5.92 Å². The molecule has 1 aliphatic carbocycles. The van der Waals surface area contributed by atoms with Gasteiger partial charge in [-0.05, 0) is 34.8 Å². The van der Waals surface area contributed by atoms with Crippen molar-refractivity contribution in [1.82, 2.24) is 9.38 Å². The summed E-state index contributed by atoms with van der Waals surface area (Å²) in [6.45, 7) is 0.240. The number of nitrogens with one attached hydrogen (secondary N) is 1. The first-order chi connectivity index (χ1) is 9.69. The number of nitrogens with zero attached hydrogens (tertiary/aromatic N) is 2. The molecule has 108 valence electrons. The van der Waals surface area contributed by atoms with Gasteiger partial charge in [0.25, 0.3) is 0 Å². The van der Waals surface area contributed by atoms with Gasteiger partial charge in [-0.1, -0.05) is 12.8 Å². The molecule has 4 N–H and O–H groups in total. The molecular formula is C14H19BrN4O. The van der Waals surface area contributed by atoms with Crippen LogP contribution in [0.3, 0.4) is 0 Å². The highest BCUT2D eigenvalue weighted by atomic mass is 79.9. The molecule has 2 heterocycles. The number of hydrogen-bond donors (Lipinski definition) is 3. The Morgan fingerprint density at radius 2 is 2.25 bits per heavy atom. The Hall–Kier alpha value is -1.27. The second-order valence-electron chi connectivity index (χ2n) is 5.44. The van der Waals surface area contributed by atoms with Crippen molar-refractivity contribution in [2.75, 3.05) is 17.7 Å². The molecule has 0 aliphatic heterocycles. The number of anilines is 2. The maximum Gasteiger partial charge on any atom is 0.161 e. The molecule has 0 unspecified atom stereocenters. The molecular weight excluding hydrogens is 320 g/mol. The van der Waals surface area contributed by atoms with Crippen molar-refractivity contribution in [3.8, 4) is 0 Å².